The second-order valence-electron chi connectivity index (χ2n) is 18.4. The molecule has 0 aromatic carbocycles. The summed E-state index contributed by atoms with van der Waals surface area (Å²) in [5, 5.41) is 62.9. The largest absolute Gasteiger partial charge is 0.394 e. The van der Waals surface area contributed by atoms with Crippen LogP contribution in [0.4, 0.5) is 0 Å². The Kier molecular flexibility index (Phi) is 9.62. The molecule has 8 aliphatic rings. The molecule has 50 heavy (non-hydrogen) atoms. The lowest BCUT2D eigenvalue weighted by Gasteiger charge is -2.58. The van der Waals surface area contributed by atoms with E-state index in [9.17, 15) is 30.6 Å². The number of aliphatic hydroxyl groups is 6. The first-order valence-electron chi connectivity index (χ1n) is 19.8. The third-order valence-corrected chi connectivity index (χ3v) is 15.9. The summed E-state index contributed by atoms with van der Waals surface area (Å²) in [6.07, 6.45) is -0.545. The van der Waals surface area contributed by atoms with E-state index in [1.54, 1.807) is 6.92 Å². The van der Waals surface area contributed by atoms with Gasteiger partial charge in [-0.15, -0.1) is 0 Å². The third kappa shape index (κ3) is 5.54. The summed E-state index contributed by atoms with van der Waals surface area (Å²) in [5.41, 5.74) is 1.96. The fourth-order valence-electron chi connectivity index (χ4n) is 13.3. The fraction of sp³-hybridized carbons (Fsp3) is 0.949. The predicted molar refractivity (Wildman–Crippen MR) is 182 cm³/mol. The second kappa shape index (κ2) is 13.3. The molecule has 0 spiro atoms. The highest BCUT2D eigenvalue weighted by molar-refractivity contribution is 5.27. The summed E-state index contributed by atoms with van der Waals surface area (Å²) < 4.78 is 24.2. The minimum absolute atomic E-state index is 0.107. The first-order valence-corrected chi connectivity index (χ1v) is 19.8. The fourth-order valence-corrected chi connectivity index (χ4v) is 13.3. The van der Waals surface area contributed by atoms with Crippen LogP contribution in [0.1, 0.15) is 92.4 Å². The van der Waals surface area contributed by atoms with E-state index in [1.807, 2.05) is 0 Å². The van der Waals surface area contributed by atoms with Gasteiger partial charge in [-0.3, -0.25) is 4.90 Å². The molecule has 4 aliphatic heterocycles. The average Bonchev–Trinajstić information content (AvgIpc) is 3.56. The van der Waals surface area contributed by atoms with Gasteiger partial charge in [-0.2, -0.15) is 0 Å². The SMILES string of the molecule is C[C@H]1CC[C@@H]2[C@@H](C)[C@H]3[C@H](C[C@H]4[C@@H]5CC=C6C[C@@H](O[C@@H]7O[C@H](CO)[C@@H](O)[C@H](O)[C@H]7O[C@@H]7O[C@@H](C)[C@H](O)[C@@H](O)[C@H]7O)CC[C@]6(C)[C@H]5CC[C@]34C)N2C1. The maximum absolute atomic E-state index is 11.1. The zero-order valence-corrected chi connectivity index (χ0v) is 30.6. The summed E-state index contributed by atoms with van der Waals surface area (Å²) in [5.74, 6) is 4.52. The van der Waals surface area contributed by atoms with Crippen LogP contribution in [-0.2, 0) is 18.9 Å². The number of nitrogens with zero attached hydrogens (tertiary/aromatic N) is 1. The molecule has 0 bridgehead atoms. The van der Waals surface area contributed by atoms with E-state index in [2.05, 4.69) is 38.7 Å². The van der Waals surface area contributed by atoms with Crippen molar-refractivity contribution in [2.45, 2.75) is 172 Å². The Bertz CT molecular complexity index is 1290. The van der Waals surface area contributed by atoms with E-state index in [-0.39, 0.29) is 11.5 Å². The number of ether oxygens (including phenoxy) is 4. The van der Waals surface area contributed by atoms with Crippen LogP contribution in [0, 0.1) is 46.3 Å². The molecule has 0 amide bonds. The zero-order valence-electron chi connectivity index (χ0n) is 30.6. The van der Waals surface area contributed by atoms with Crippen LogP contribution < -0.4 is 0 Å². The van der Waals surface area contributed by atoms with Crippen molar-refractivity contribution in [1.29, 1.82) is 0 Å². The van der Waals surface area contributed by atoms with Gasteiger partial charge in [0.05, 0.1) is 18.8 Å². The summed E-state index contributed by atoms with van der Waals surface area (Å²) in [7, 11) is 0. The van der Waals surface area contributed by atoms with E-state index in [1.165, 1.54) is 44.2 Å². The number of hydrogen-bond acceptors (Lipinski definition) is 11. The molecule has 21 atom stereocenters. The minimum Gasteiger partial charge on any atom is -0.394 e. The van der Waals surface area contributed by atoms with Crippen molar-refractivity contribution in [3.63, 3.8) is 0 Å². The molecule has 284 valence electrons. The highest BCUT2D eigenvalue weighted by Gasteiger charge is 2.66. The smallest absolute Gasteiger partial charge is 0.187 e. The van der Waals surface area contributed by atoms with Crippen molar-refractivity contribution < 1.29 is 49.6 Å². The van der Waals surface area contributed by atoms with Crippen molar-refractivity contribution in [1.82, 2.24) is 4.90 Å². The van der Waals surface area contributed by atoms with Crippen LogP contribution >= 0.6 is 0 Å². The molecule has 8 rings (SSSR count). The maximum Gasteiger partial charge on any atom is 0.187 e. The molecule has 0 unspecified atom stereocenters. The van der Waals surface area contributed by atoms with E-state index >= 15 is 0 Å². The number of fused-ring (bicyclic) bond motifs is 9. The monoisotopic (exact) mass is 705 g/mol. The summed E-state index contributed by atoms with van der Waals surface area (Å²) in [4.78, 5) is 2.96. The average molecular weight is 706 g/mol. The molecule has 4 heterocycles. The van der Waals surface area contributed by atoms with E-state index in [0.717, 1.165) is 61.4 Å². The normalized spacial score (nSPS) is 58.0. The molecule has 11 heteroatoms. The first-order chi connectivity index (χ1) is 23.8. The minimum atomic E-state index is -1.60. The van der Waals surface area contributed by atoms with Crippen LogP contribution in [0.15, 0.2) is 11.6 Å². The number of aliphatic hydroxyl groups excluding tert-OH is 6. The Morgan fingerprint density at radius 1 is 0.820 bits per heavy atom. The van der Waals surface area contributed by atoms with Crippen LogP contribution in [0.3, 0.4) is 0 Å². The molecule has 4 aliphatic carbocycles. The van der Waals surface area contributed by atoms with Crippen LogP contribution in [0.2, 0.25) is 0 Å². The molecule has 11 nitrogen and oxygen atoms in total. The van der Waals surface area contributed by atoms with Gasteiger partial charge in [0.2, 0.25) is 0 Å². The van der Waals surface area contributed by atoms with Crippen molar-refractivity contribution in [2.75, 3.05) is 13.2 Å². The molecule has 0 radical (unpaired) electrons. The van der Waals surface area contributed by atoms with Crippen molar-refractivity contribution >= 4 is 0 Å². The molecule has 0 aromatic rings. The van der Waals surface area contributed by atoms with Crippen molar-refractivity contribution in [3.05, 3.63) is 11.6 Å². The topological polar surface area (TPSA) is 162 Å². The van der Waals surface area contributed by atoms with Gasteiger partial charge >= 0.3 is 0 Å². The second-order valence-corrected chi connectivity index (χ2v) is 18.4. The Hall–Kier alpha value is -0.700. The number of rotatable bonds is 5. The first kappa shape index (κ1) is 36.3. The highest BCUT2D eigenvalue weighted by atomic mass is 16.8. The van der Waals surface area contributed by atoms with Crippen molar-refractivity contribution in [3.8, 4) is 0 Å². The summed E-state index contributed by atoms with van der Waals surface area (Å²) in [6, 6.07) is 1.52. The van der Waals surface area contributed by atoms with Crippen molar-refractivity contribution in [2.24, 2.45) is 46.3 Å². The quantitative estimate of drug-likeness (QED) is 0.233. The molecular weight excluding hydrogens is 642 g/mol. The van der Waals surface area contributed by atoms with Gasteiger partial charge in [-0.1, -0.05) is 39.3 Å². The highest BCUT2D eigenvalue weighted by Crippen LogP contribution is 2.70. The molecule has 7 fully saturated rings. The Morgan fingerprint density at radius 2 is 1.60 bits per heavy atom. The summed E-state index contributed by atoms with van der Waals surface area (Å²) in [6.45, 7) is 12.5. The predicted octanol–water partition coefficient (Wildman–Crippen LogP) is 2.33. The van der Waals surface area contributed by atoms with Crippen LogP contribution in [0.5, 0.6) is 0 Å². The van der Waals surface area contributed by atoms with E-state index < -0.39 is 68.0 Å². The maximum atomic E-state index is 11.1. The Balaban J connectivity index is 0.978. The number of allylic oxidation sites excluding steroid dienone is 1. The lowest BCUT2D eigenvalue weighted by molar-refractivity contribution is -0.369. The van der Waals surface area contributed by atoms with Gasteiger partial charge in [-0.25, -0.2) is 0 Å². The van der Waals surface area contributed by atoms with Gasteiger partial charge in [0.15, 0.2) is 12.6 Å². The van der Waals surface area contributed by atoms with Gasteiger partial charge in [0, 0.05) is 18.6 Å². The molecule has 4 saturated heterocycles. The lowest BCUT2D eigenvalue weighted by atomic mass is 9.47. The standard InChI is InChI=1S/C39H63NO10/c1-18-6-9-26-19(2)29-27(40(26)16-18)15-25-23-8-7-21-14-22(10-12-38(21,4)24(23)11-13-39(25,29)5)48-37-35(33(45)31(43)28(17-41)49-37)50-36-34(46)32(44)30(42)20(3)47-36/h7,18-20,22-37,41-46H,6,8-17H2,1-5H3/t18-,19+,20-,22-,23+,24-,25-,26+,27-,28+,29-,30-,31+,32+,33-,34+,35+,36-,37+,38-,39-/m0/s1. The van der Waals surface area contributed by atoms with Gasteiger partial charge < -0.3 is 49.6 Å². The Labute approximate surface area is 297 Å². The summed E-state index contributed by atoms with van der Waals surface area (Å²) >= 11 is 0. The van der Waals surface area contributed by atoms with Crippen LogP contribution in [-0.4, -0.2) is 128 Å². The number of piperidine rings is 1. The molecular formula is C39H63NO10. The zero-order chi connectivity index (χ0) is 35.4. The lowest BCUT2D eigenvalue weighted by Crippen LogP contribution is -2.64. The van der Waals surface area contributed by atoms with E-state index in [4.69, 9.17) is 18.9 Å². The molecule has 0 aromatic heterocycles. The van der Waals surface area contributed by atoms with Gasteiger partial charge in [-0.05, 0) is 111 Å². The van der Waals surface area contributed by atoms with Gasteiger partial charge in [0.1, 0.15) is 42.7 Å². The molecule has 3 saturated carbocycles. The molecule has 6 N–H and O–H groups in total. The number of hydrogen-bond donors (Lipinski definition) is 6. The van der Waals surface area contributed by atoms with E-state index in [0.29, 0.717) is 17.3 Å². The third-order valence-electron chi connectivity index (χ3n) is 15.9. The van der Waals surface area contributed by atoms with Crippen LogP contribution in [0.25, 0.3) is 0 Å². The van der Waals surface area contributed by atoms with Gasteiger partial charge in [0.25, 0.3) is 0 Å². The Morgan fingerprint density at radius 3 is 2.36 bits per heavy atom.